The molecule has 0 spiro atoms. The van der Waals surface area contributed by atoms with Crippen molar-refractivity contribution in [3.05, 3.63) is 48.0 Å². The summed E-state index contributed by atoms with van der Waals surface area (Å²) in [5, 5.41) is 9.23. The van der Waals surface area contributed by atoms with Crippen LogP contribution in [0, 0.1) is 6.92 Å². The van der Waals surface area contributed by atoms with Gasteiger partial charge >= 0.3 is 0 Å². The van der Waals surface area contributed by atoms with Gasteiger partial charge in [0.05, 0.1) is 20.5 Å². The van der Waals surface area contributed by atoms with Gasteiger partial charge in [0.2, 0.25) is 0 Å². The largest absolute Gasteiger partial charge is 0.284 e. The van der Waals surface area contributed by atoms with Crippen molar-refractivity contribution < 1.29 is 4.79 Å². The lowest BCUT2D eigenvalue weighted by Crippen LogP contribution is -2.47. The molecule has 154 valence electrons. The number of benzene rings is 1. The maximum absolute atomic E-state index is 12.9. The lowest BCUT2D eigenvalue weighted by atomic mass is 10.1. The Bertz CT molecular complexity index is 938. The SMILES string of the molecule is Cc1ccc(N2N=C(C(=O)NN3CCCCC3)CC2c2cc(Br)c(Br)s2)c(Cl)c1. The van der Waals surface area contributed by atoms with Crippen LogP contribution in [-0.2, 0) is 4.79 Å². The zero-order valence-electron chi connectivity index (χ0n) is 15.9. The van der Waals surface area contributed by atoms with Crippen LogP contribution in [0.1, 0.15) is 42.2 Å². The van der Waals surface area contributed by atoms with E-state index in [2.05, 4.69) is 43.4 Å². The van der Waals surface area contributed by atoms with Gasteiger partial charge in [-0.1, -0.05) is 24.1 Å². The lowest BCUT2D eigenvalue weighted by molar-refractivity contribution is -0.119. The molecule has 1 fully saturated rings. The number of aryl methyl sites for hydroxylation is 1. The van der Waals surface area contributed by atoms with Crippen LogP contribution < -0.4 is 10.4 Å². The van der Waals surface area contributed by atoms with Gasteiger partial charge in [-0.25, -0.2) is 5.01 Å². The Kier molecular flexibility index (Phi) is 6.65. The minimum absolute atomic E-state index is 0.0788. The molecule has 1 atom stereocenters. The molecule has 1 aromatic carbocycles. The summed E-state index contributed by atoms with van der Waals surface area (Å²) in [6, 6.07) is 7.91. The Morgan fingerprint density at radius 3 is 2.66 bits per heavy atom. The molecule has 0 radical (unpaired) electrons. The summed E-state index contributed by atoms with van der Waals surface area (Å²) in [4.78, 5) is 14.0. The van der Waals surface area contributed by atoms with Crippen molar-refractivity contribution in [2.24, 2.45) is 5.10 Å². The zero-order chi connectivity index (χ0) is 20.5. The van der Waals surface area contributed by atoms with E-state index in [1.54, 1.807) is 11.3 Å². The zero-order valence-corrected chi connectivity index (χ0v) is 20.7. The van der Waals surface area contributed by atoms with E-state index >= 15 is 0 Å². The highest BCUT2D eigenvalue weighted by Crippen LogP contribution is 2.44. The molecule has 4 rings (SSSR count). The third-order valence-electron chi connectivity index (χ3n) is 5.13. The number of nitrogens with zero attached hydrogens (tertiary/aromatic N) is 3. The summed E-state index contributed by atoms with van der Waals surface area (Å²) in [5.41, 5.74) is 5.46. The molecule has 1 amide bonds. The minimum atomic E-state index is -0.127. The first-order valence-electron chi connectivity index (χ1n) is 9.56. The molecule has 9 heteroatoms. The van der Waals surface area contributed by atoms with Gasteiger partial charge in [-0.2, -0.15) is 5.10 Å². The van der Waals surface area contributed by atoms with E-state index in [-0.39, 0.29) is 11.9 Å². The molecule has 1 saturated heterocycles. The predicted octanol–water partition coefficient (Wildman–Crippen LogP) is 6.06. The highest BCUT2D eigenvalue weighted by atomic mass is 79.9. The number of anilines is 1. The molecule has 1 N–H and O–H groups in total. The summed E-state index contributed by atoms with van der Waals surface area (Å²) < 4.78 is 2.02. The number of hydrazone groups is 1. The van der Waals surface area contributed by atoms with E-state index in [0.717, 1.165) is 50.3 Å². The van der Waals surface area contributed by atoms with Crippen LogP contribution in [0.25, 0.3) is 0 Å². The number of hydrazine groups is 1. The number of thiophene rings is 1. The Morgan fingerprint density at radius 1 is 1.24 bits per heavy atom. The molecular weight excluding hydrogens is 540 g/mol. The number of piperidine rings is 1. The van der Waals surface area contributed by atoms with Crippen LogP contribution in [0.5, 0.6) is 0 Å². The number of hydrogen-bond acceptors (Lipinski definition) is 5. The van der Waals surface area contributed by atoms with Gasteiger partial charge in [0, 0.05) is 28.9 Å². The number of nitrogens with one attached hydrogen (secondary N) is 1. The second-order valence-corrected chi connectivity index (χ2v) is 11.0. The Balaban J connectivity index is 1.63. The average molecular weight is 561 g/mol. The Morgan fingerprint density at radius 2 is 2.00 bits per heavy atom. The molecule has 2 aliphatic rings. The second kappa shape index (κ2) is 9.06. The van der Waals surface area contributed by atoms with Gasteiger partial charge in [-0.05, 0) is 75.4 Å². The normalized spacial score (nSPS) is 20.1. The van der Waals surface area contributed by atoms with Crippen molar-refractivity contribution in [2.75, 3.05) is 18.1 Å². The molecule has 0 saturated carbocycles. The molecule has 1 unspecified atom stereocenters. The summed E-state index contributed by atoms with van der Waals surface area (Å²) in [6.07, 6.45) is 3.97. The van der Waals surface area contributed by atoms with E-state index < -0.39 is 0 Å². The maximum atomic E-state index is 12.9. The van der Waals surface area contributed by atoms with Crippen LogP contribution in [0.3, 0.4) is 0 Å². The molecular formula is C20H21Br2ClN4OS. The van der Waals surface area contributed by atoms with Crippen molar-refractivity contribution >= 4 is 72.1 Å². The van der Waals surface area contributed by atoms with Crippen LogP contribution in [-0.4, -0.2) is 29.7 Å². The van der Waals surface area contributed by atoms with E-state index in [0.29, 0.717) is 17.2 Å². The summed E-state index contributed by atoms with van der Waals surface area (Å²) in [5.74, 6) is -0.127. The third-order valence-corrected chi connectivity index (χ3v) is 8.79. The molecule has 2 aromatic rings. The van der Waals surface area contributed by atoms with Gasteiger partial charge in [0.25, 0.3) is 5.91 Å². The number of amides is 1. The number of rotatable bonds is 4. The van der Waals surface area contributed by atoms with Crippen LogP contribution in [0.15, 0.2) is 37.6 Å². The van der Waals surface area contributed by atoms with E-state index in [9.17, 15) is 4.79 Å². The van der Waals surface area contributed by atoms with Crippen LogP contribution in [0.4, 0.5) is 5.69 Å². The maximum Gasteiger partial charge on any atom is 0.281 e. The first kappa shape index (κ1) is 21.3. The van der Waals surface area contributed by atoms with E-state index in [1.165, 1.54) is 6.42 Å². The fourth-order valence-electron chi connectivity index (χ4n) is 3.63. The van der Waals surface area contributed by atoms with Crippen molar-refractivity contribution in [3.8, 4) is 0 Å². The molecule has 1 aromatic heterocycles. The van der Waals surface area contributed by atoms with E-state index in [4.69, 9.17) is 16.7 Å². The molecule has 3 heterocycles. The fourth-order valence-corrected chi connectivity index (χ4v) is 6.13. The highest BCUT2D eigenvalue weighted by molar-refractivity contribution is 9.13. The summed E-state index contributed by atoms with van der Waals surface area (Å²) in [6.45, 7) is 3.78. The van der Waals surface area contributed by atoms with Crippen LogP contribution in [0.2, 0.25) is 5.02 Å². The molecule has 29 heavy (non-hydrogen) atoms. The molecule has 2 aliphatic heterocycles. The van der Waals surface area contributed by atoms with Crippen LogP contribution >= 0.6 is 54.8 Å². The first-order valence-corrected chi connectivity index (χ1v) is 12.3. The second-order valence-electron chi connectivity index (χ2n) is 7.33. The topological polar surface area (TPSA) is 47.9 Å². The van der Waals surface area contributed by atoms with Crippen molar-refractivity contribution in [1.29, 1.82) is 0 Å². The van der Waals surface area contributed by atoms with Gasteiger partial charge in [-0.15, -0.1) is 11.3 Å². The summed E-state index contributed by atoms with van der Waals surface area (Å²) in [7, 11) is 0. The summed E-state index contributed by atoms with van der Waals surface area (Å²) >= 11 is 15.3. The van der Waals surface area contributed by atoms with Gasteiger partial charge in [-0.3, -0.25) is 15.2 Å². The van der Waals surface area contributed by atoms with E-state index in [1.807, 2.05) is 35.1 Å². The molecule has 5 nitrogen and oxygen atoms in total. The van der Waals surface area contributed by atoms with Crippen molar-refractivity contribution in [3.63, 3.8) is 0 Å². The monoisotopic (exact) mass is 558 g/mol. The highest BCUT2D eigenvalue weighted by Gasteiger charge is 2.35. The van der Waals surface area contributed by atoms with Gasteiger partial charge < -0.3 is 0 Å². The predicted molar refractivity (Wildman–Crippen MR) is 127 cm³/mol. The number of carbonyl (C=O) groups excluding carboxylic acids is 1. The standard InChI is InChI=1S/C20H21Br2ClN4OS/c1-12-5-6-16(14(23)9-12)27-17(18-10-13(21)19(22)29-18)11-15(24-27)20(28)25-26-7-3-2-4-8-26/h5-6,9-10,17H,2-4,7-8,11H2,1H3,(H,25,28). The Labute approximate surface area is 196 Å². The minimum Gasteiger partial charge on any atom is -0.284 e. The number of hydrogen-bond donors (Lipinski definition) is 1. The molecule has 0 aliphatic carbocycles. The van der Waals surface area contributed by atoms with Gasteiger partial charge in [0.15, 0.2) is 0 Å². The number of carbonyl (C=O) groups is 1. The average Bonchev–Trinajstić information content (AvgIpc) is 3.26. The van der Waals surface area contributed by atoms with Gasteiger partial charge in [0.1, 0.15) is 5.71 Å². The smallest absolute Gasteiger partial charge is 0.281 e. The first-order chi connectivity index (χ1) is 13.9. The molecule has 0 bridgehead atoms. The third kappa shape index (κ3) is 4.71. The number of halogens is 3. The quantitative estimate of drug-likeness (QED) is 0.495. The van der Waals surface area contributed by atoms with Crippen molar-refractivity contribution in [1.82, 2.24) is 10.4 Å². The van der Waals surface area contributed by atoms with Crippen molar-refractivity contribution in [2.45, 2.75) is 38.6 Å². The fraction of sp³-hybridized carbons (Fsp3) is 0.400. The Hall–Kier alpha value is -0.930. The lowest BCUT2D eigenvalue weighted by Gasteiger charge is -2.26.